The van der Waals surface area contributed by atoms with Crippen molar-refractivity contribution in [2.24, 2.45) is 0 Å². The van der Waals surface area contributed by atoms with Crippen molar-refractivity contribution in [1.82, 2.24) is 9.78 Å². The van der Waals surface area contributed by atoms with E-state index < -0.39 is 5.54 Å². The molecule has 2 aromatic heterocycles. The van der Waals surface area contributed by atoms with Gasteiger partial charge in [-0.25, -0.2) is 4.68 Å². The third kappa shape index (κ3) is 3.18. The van der Waals surface area contributed by atoms with Crippen LogP contribution in [0.1, 0.15) is 25.0 Å². The van der Waals surface area contributed by atoms with Gasteiger partial charge in [-0.1, -0.05) is 12.1 Å². The zero-order chi connectivity index (χ0) is 18.9. The van der Waals surface area contributed by atoms with Crippen LogP contribution in [-0.4, -0.2) is 15.7 Å². The average molecular weight is 351 g/mol. The lowest BCUT2D eigenvalue weighted by atomic mass is 10.0. The van der Waals surface area contributed by atoms with Gasteiger partial charge in [0.2, 0.25) is 0 Å². The highest BCUT2D eigenvalue weighted by atomic mass is 16.3. The van der Waals surface area contributed by atoms with Crippen LogP contribution >= 0.6 is 0 Å². The molecule has 3 aromatic rings. The number of hydrogen-bond donors (Lipinski definition) is 1. The van der Waals surface area contributed by atoms with E-state index in [0.717, 1.165) is 16.8 Å². The van der Waals surface area contributed by atoms with Crippen LogP contribution in [-0.2, 0) is 10.3 Å². The number of rotatable bonds is 4. The fourth-order valence-electron chi connectivity index (χ4n) is 2.63. The summed E-state index contributed by atoms with van der Waals surface area (Å²) < 4.78 is 6.52. The van der Waals surface area contributed by atoms with Crippen LogP contribution in [0.2, 0.25) is 0 Å². The predicted molar refractivity (Wildman–Crippen MR) is 100 cm³/mol. The molecule has 6 heteroatoms. The first-order valence-corrected chi connectivity index (χ1v) is 8.33. The number of hydrogen-bond acceptors (Lipinski definition) is 4. The number of carbonyl (C=O) groups is 1. The van der Waals surface area contributed by atoms with E-state index in [4.69, 9.17) is 4.42 Å². The summed E-state index contributed by atoms with van der Waals surface area (Å²) in [5.41, 5.74) is 1.73. The maximum absolute atomic E-state index is 12.9. The Labute approximate surface area is 151 Å². The summed E-state index contributed by atoms with van der Waals surface area (Å²) in [6.45, 7) is 7.25. The van der Waals surface area contributed by atoms with E-state index in [-0.39, 0.29) is 11.5 Å². The monoisotopic (exact) mass is 351 g/mol. The summed E-state index contributed by atoms with van der Waals surface area (Å²) in [6.07, 6.45) is 1.53. The average Bonchev–Trinajstić information content (AvgIpc) is 3.13. The highest BCUT2D eigenvalue weighted by molar-refractivity contribution is 5.96. The van der Waals surface area contributed by atoms with Crippen LogP contribution in [0.15, 0.2) is 57.9 Å². The highest BCUT2D eigenvalue weighted by Gasteiger charge is 2.32. The fraction of sp³-hybridized carbons (Fsp3) is 0.250. The van der Waals surface area contributed by atoms with E-state index in [9.17, 15) is 9.59 Å². The van der Waals surface area contributed by atoms with Gasteiger partial charge in [-0.05, 0) is 63.1 Å². The number of aryl methyl sites for hydroxylation is 1. The first kappa shape index (κ1) is 17.7. The molecule has 1 N–H and O–H groups in total. The molecule has 0 aliphatic carbocycles. The van der Waals surface area contributed by atoms with Gasteiger partial charge in [0, 0.05) is 11.8 Å². The Bertz CT molecular complexity index is 1000. The second-order valence-electron chi connectivity index (χ2n) is 6.71. The molecule has 26 heavy (non-hydrogen) atoms. The first-order chi connectivity index (χ1) is 12.3. The third-order valence-electron chi connectivity index (χ3n) is 4.51. The number of furan rings is 1. The molecule has 0 fully saturated rings. The highest BCUT2D eigenvalue weighted by Crippen LogP contribution is 2.22. The minimum atomic E-state index is -1.18. The SMILES string of the molecule is Cc1cccc(NC(=O)C(C)(C)n2nc(-c3ccco3)ccc2=O)c1C. The molecule has 0 spiro atoms. The van der Waals surface area contributed by atoms with E-state index in [1.54, 1.807) is 32.0 Å². The zero-order valence-electron chi connectivity index (χ0n) is 15.2. The van der Waals surface area contributed by atoms with Gasteiger partial charge in [0.25, 0.3) is 11.5 Å². The van der Waals surface area contributed by atoms with Gasteiger partial charge in [-0.2, -0.15) is 5.10 Å². The summed E-state index contributed by atoms with van der Waals surface area (Å²) in [6, 6.07) is 12.2. The molecule has 134 valence electrons. The molecule has 0 atom stereocenters. The van der Waals surface area contributed by atoms with Crippen LogP contribution in [0, 0.1) is 13.8 Å². The standard InChI is InChI=1S/C20H21N3O3/c1-13-7-5-8-15(14(13)2)21-19(25)20(3,4)23-18(24)11-10-16(22-23)17-9-6-12-26-17/h5-12H,1-4H3,(H,21,25). The predicted octanol–water partition coefficient (Wildman–Crippen LogP) is 3.49. The van der Waals surface area contributed by atoms with Crippen molar-refractivity contribution in [3.8, 4) is 11.5 Å². The van der Waals surface area contributed by atoms with Crippen molar-refractivity contribution < 1.29 is 9.21 Å². The van der Waals surface area contributed by atoms with E-state index in [0.29, 0.717) is 11.5 Å². The molecule has 0 aliphatic rings. The van der Waals surface area contributed by atoms with E-state index >= 15 is 0 Å². The van der Waals surface area contributed by atoms with Crippen molar-refractivity contribution in [2.75, 3.05) is 5.32 Å². The number of nitrogens with zero attached hydrogens (tertiary/aromatic N) is 2. The fourth-order valence-corrected chi connectivity index (χ4v) is 2.63. The third-order valence-corrected chi connectivity index (χ3v) is 4.51. The minimum Gasteiger partial charge on any atom is -0.463 e. The Balaban J connectivity index is 1.97. The van der Waals surface area contributed by atoms with Crippen LogP contribution in [0.5, 0.6) is 0 Å². The van der Waals surface area contributed by atoms with Gasteiger partial charge in [-0.15, -0.1) is 0 Å². The van der Waals surface area contributed by atoms with Crippen LogP contribution < -0.4 is 10.9 Å². The van der Waals surface area contributed by atoms with Crippen molar-refractivity contribution in [1.29, 1.82) is 0 Å². The lowest BCUT2D eigenvalue weighted by molar-refractivity contribution is -0.123. The van der Waals surface area contributed by atoms with Gasteiger partial charge >= 0.3 is 0 Å². The van der Waals surface area contributed by atoms with Crippen LogP contribution in [0.3, 0.4) is 0 Å². The summed E-state index contributed by atoms with van der Waals surface area (Å²) in [5.74, 6) is 0.210. The maximum atomic E-state index is 12.9. The minimum absolute atomic E-state index is 0.322. The Morgan fingerprint density at radius 2 is 1.88 bits per heavy atom. The number of anilines is 1. The largest absolute Gasteiger partial charge is 0.463 e. The number of nitrogens with one attached hydrogen (secondary N) is 1. The molecule has 0 radical (unpaired) electrons. The molecule has 0 aliphatic heterocycles. The quantitative estimate of drug-likeness (QED) is 0.780. The van der Waals surface area contributed by atoms with E-state index in [1.807, 2.05) is 32.0 Å². The van der Waals surface area contributed by atoms with Crippen molar-refractivity contribution in [3.63, 3.8) is 0 Å². The zero-order valence-corrected chi connectivity index (χ0v) is 15.2. The Hall–Kier alpha value is -3.15. The van der Waals surface area contributed by atoms with Gasteiger partial charge in [0.05, 0.1) is 6.26 Å². The molecule has 1 amide bonds. The normalized spacial score (nSPS) is 11.4. The molecular formula is C20H21N3O3. The molecule has 0 saturated heterocycles. The molecular weight excluding hydrogens is 330 g/mol. The second-order valence-corrected chi connectivity index (χ2v) is 6.71. The van der Waals surface area contributed by atoms with Crippen molar-refractivity contribution >= 4 is 11.6 Å². The van der Waals surface area contributed by atoms with E-state index in [1.165, 1.54) is 17.0 Å². The van der Waals surface area contributed by atoms with E-state index in [2.05, 4.69) is 10.4 Å². The van der Waals surface area contributed by atoms with Gasteiger partial charge in [0.15, 0.2) is 5.76 Å². The number of amides is 1. The first-order valence-electron chi connectivity index (χ1n) is 8.33. The molecule has 6 nitrogen and oxygen atoms in total. The molecule has 2 heterocycles. The number of carbonyl (C=O) groups excluding carboxylic acids is 1. The Morgan fingerprint density at radius 3 is 2.58 bits per heavy atom. The summed E-state index contributed by atoms with van der Waals surface area (Å²) in [7, 11) is 0. The summed E-state index contributed by atoms with van der Waals surface area (Å²) in [4.78, 5) is 25.3. The lowest BCUT2D eigenvalue weighted by Gasteiger charge is -2.25. The molecule has 0 saturated carbocycles. The summed E-state index contributed by atoms with van der Waals surface area (Å²) >= 11 is 0. The topological polar surface area (TPSA) is 77.1 Å². The number of aromatic nitrogens is 2. The summed E-state index contributed by atoms with van der Waals surface area (Å²) in [5, 5.41) is 7.25. The lowest BCUT2D eigenvalue weighted by Crippen LogP contribution is -2.47. The second kappa shape index (κ2) is 6.63. The smallest absolute Gasteiger partial charge is 0.267 e. The van der Waals surface area contributed by atoms with Crippen LogP contribution in [0.4, 0.5) is 5.69 Å². The number of benzene rings is 1. The van der Waals surface area contributed by atoms with Gasteiger partial charge in [-0.3, -0.25) is 9.59 Å². The van der Waals surface area contributed by atoms with Crippen molar-refractivity contribution in [3.05, 3.63) is 70.2 Å². The van der Waals surface area contributed by atoms with Gasteiger partial charge in [0.1, 0.15) is 11.2 Å². The molecule has 0 unspecified atom stereocenters. The van der Waals surface area contributed by atoms with Crippen LogP contribution in [0.25, 0.3) is 11.5 Å². The molecule has 0 bridgehead atoms. The molecule has 3 rings (SSSR count). The Kier molecular flexibility index (Phi) is 4.50. The van der Waals surface area contributed by atoms with Gasteiger partial charge < -0.3 is 9.73 Å². The maximum Gasteiger partial charge on any atom is 0.267 e. The molecule has 1 aromatic carbocycles. The Morgan fingerprint density at radius 1 is 1.12 bits per heavy atom. The van der Waals surface area contributed by atoms with Crippen molar-refractivity contribution in [2.45, 2.75) is 33.2 Å².